The second-order valence-electron chi connectivity index (χ2n) is 0.876. The van der Waals surface area contributed by atoms with Crippen LogP contribution in [-0.4, -0.2) is 22.4 Å². The molecule has 0 rings (SSSR count). The van der Waals surface area contributed by atoms with Gasteiger partial charge in [0, 0.05) is 0 Å². The van der Waals surface area contributed by atoms with Crippen LogP contribution < -0.4 is 0 Å². The maximum atomic E-state index is 10.6. The summed E-state index contributed by atoms with van der Waals surface area (Å²) >= 11 is 7.92. The Morgan fingerprint density at radius 2 is 1.20 bits per heavy atom. The SMILES string of the molecule is FC(F)(Cl)Cl.O=S(=O)(O)O. The summed E-state index contributed by atoms with van der Waals surface area (Å²) in [6.45, 7) is 0. The van der Waals surface area contributed by atoms with E-state index in [1.165, 1.54) is 0 Å². The van der Waals surface area contributed by atoms with Crippen molar-refractivity contribution in [3.05, 3.63) is 0 Å². The molecule has 0 amide bonds. The molecule has 0 aromatic rings. The first-order valence-corrected chi connectivity index (χ1v) is 3.61. The predicted octanol–water partition coefficient (Wildman–Crippen LogP) is 1.36. The van der Waals surface area contributed by atoms with Crippen LogP contribution in [0.4, 0.5) is 8.78 Å². The third kappa shape index (κ3) is 4620. The predicted molar refractivity (Wildman–Crippen MR) is 30.8 cm³/mol. The highest BCUT2D eigenvalue weighted by atomic mass is 35.5. The summed E-state index contributed by atoms with van der Waals surface area (Å²) in [5, 5.41) is 0. The molecular weight excluding hydrogens is 217 g/mol. The fourth-order valence-electron chi connectivity index (χ4n) is 0. The van der Waals surface area contributed by atoms with Crippen molar-refractivity contribution in [1.82, 2.24) is 0 Å². The lowest BCUT2D eigenvalue weighted by Crippen LogP contribution is -1.89. The van der Waals surface area contributed by atoms with E-state index in [-0.39, 0.29) is 0 Å². The molecule has 10 heavy (non-hydrogen) atoms. The van der Waals surface area contributed by atoms with Crippen molar-refractivity contribution in [1.29, 1.82) is 0 Å². The molecule has 0 radical (unpaired) electrons. The summed E-state index contributed by atoms with van der Waals surface area (Å²) in [6.07, 6.45) is 0. The van der Waals surface area contributed by atoms with Gasteiger partial charge in [-0.1, -0.05) is 0 Å². The van der Waals surface area contributed by atoms with Gasteiger partial charge >= 0.3 is 15.2 Å². The number of hydrogen-bond acceptors (Lipinski definition) is 2. The average molecular weight is 219 g/mol. The molecule has 0 aromatic heterocycles. The molecule has 0 heterocycles. The van der Waals surface area contributed by atoms with Crippen molar-refractivity contribution in [2.45, 2.75) is 4.84 Å². The van der Waals surface area contributed by atoms with Crippen LogP contribution in [0, 0.1) is 0 Å². The summed E-state index contributed by atoms with van der Waals surface area (Å²) in [4.78, 5) is -3.56. The van der Waals surface area contributed by atoms with Crippen molar-refractivity contribution in [2.24, 2.45) is 0 Å². The first kappa shape index (κ1) is 12.9. The fourth-order valence-corrected chi connectivity index (χ4v) is 0. The summed E-state index contributed by atoms with van der Waals surface area (Å²) in [7, 11) is -4.67. The Hall–Kier alpha value is 0.310. The first-order chi connectivity index (χ1) is 4.00. The summed E-state index contributed by atoms with van der Waals surface area (Å²) in [6, 6.07) is 0. The molecule has 0 aliphatic heterocycles. The third-order valence-corrected chi connectivity index (χ3v) is 0. The topological polar surface area (TPSA) is 74.6 Å². The summed E-state index contributed by atoms with van der Waals surface area (Å²) in [5.41, 5.74) is 0. The van der Waals surface area contributed by atoms with Crippen molar-refractivity contribution < 1.29 is 26.3 Å². The highest BCUT2D eigenvalue weighted by Crippen LogP contribution is 2.22. The first-order valence-electron chi connectivity index (χ1n) is 1.45. The average Bonchev–Trinajstić information content (AvgIpc) is 1.12. The van der Waals surface area contributed by atoms with E-state index in [9.17, 15) is 8.78 Å². The monoisotopic (exact) mass is 218 g/mol. The lowest BCUT2D eigenvalue weighted by Gasteiger charge is -1.87. The Bertz CT molecular complexity index is 156. The van der Waals surface area contributed by atoms with Gasteiger partial charge < -0.3 is 0 Å². The van der Waals surface area contributed by atoms with Gasteiger partial charge in [-0.15, -0.1) is 0 Å². The van der Waals surface area contributed by atoms with Crippen LogP contribution in [0.1, 0.15) is 0 Å². The number of alkyl halides is 4. The molecule has 0 saturated carbocycles. The van der Waals surface area contributed by atoms with E-state index in [2.05, 4.69) is 23.2 Å². The minimum atomic E-state index is -4.67. The Morgan fingerprint density at radius 3 is 1.20 bits per heavy atom. The summed E-state index contributed by atoms with van der Waals surface area (Å²) in [5.74, 6) is 0. The number of halogens is 4. The molecule has 0 aromatic carbocycles. The molecule has 9 heteroatoms. The van der Waals surface area contributed by atoms with Crippen LogP contribution in [0.2, 0.25) is 0 Å². The second-order valence-corrected chi connectivity index (χ2v) is 2.91. The Kier molecular flexibility index (Phi) is 5.49. The van der Waals surface area contributed by atoms with Crippen molar-refractivity contribution in [3.63, 3.8) is 0 Å². The molecule has 0 aliphatic carbocycles. The van der Waals surface area contributed by atoms with E-state index in [1.807, 2.05) is 0 Å². The lowest BCUT2D eigenvalue weighted by atomic mass is 11.7. The van der Waals surface area contributed by atoms with Gasteiger partial charge in [-0.2, -0.15) is 17.2 Å². The molecule has 0 unspecified atom stereocenters. The Morgan fingerprint density at radius 1 is 1.20 bits per heavy atom. The van der Waals surface area contributed by atoms with E-state index < -0.39 is 15.2 Å². The molecule has 64 valence electrons. The third-order valence-electron chi connectivity index (χ3n) is 0. The molecule has 0 atom stereocenters. The molecule has 0 saturated heterocycles. The van der Waals surface area contributed by atoms with Gasteiger partial charge in [-0.05, 0) is 23.2 Å². The maximum Gasteiger partial charge on any atom is 0.401 e. The maximum absolute atomic E-state index is 10.6. The Labute approximate surface area is 65.3 Å². The fraction of sp³-hybridized carbons (Fsp3) is 1.00. The largest absolute Gasteiger partial charge is 0.401 e. The highest BCUT2D eigenvalue weighted by molar-refractivity contribution is 7.79. The molecular formula is CH2Cl2F2O4S. The highest BCUT2D eigenvalue weighted by Gasteiger charge is 2.17. The molecule has 0 bridgehead atoms. The molecule has 0 fully saturated rings. The van der Waals surface area contributed by atoms with Crippen LogP contribution in [-0.2, 0) is 10.4 Å². The molecule has 2 N–H and O–H groups in total. The molecule has 0 spiro atoms. The number of rotatable bonds is 0. The van der Waals surface area contributed by atoms with Gasteiger partial charge in [0.1, 0.15) is 0 Å². The van der Waals surface area contributed by atoms with Crippen LogP contribution in [0.15, 0.2) is 0 Å². The quantitative estimate of drug-likeness (QED) is 0.476. The van der Waals surface area contributed by atoms with E-state index in [4.69, 9.17) is 17.5 Å². The zero-order valence-electron chi connectivity index (χ0n) is 4.13. The minimum absolute atomic E-state index is 3.56. The smallest absolute Gasteiger partial charge is 0.264 e. The molecule has 4 nitrogen and oxygen atoms in total. The van der Waals surface area contributed by atoms with Crippen molar-refractivity contribution in [2.75, 3.05) is 0 Å². The van der Waals surface area contributed by atoms with E-state index in [0.717, 1.165) is 0 Å². The minimum Gasteiger partial charge on any atom is -0.264 e. The van der Waals surface area contributed by atoms with Crippen molar-refractivity contribution in [3.8, 4) is 0 Å². The lowest BCUT2D eigenvalue weighted by molar-refractivity contribution is 0.194. The van der Waals surface area contributed by atoms with E-state index in [1.54, 1.807) is 0 Å². The van der Waals surface area contributed by atoms with Crippen LogP contribution in [0.25, 0.3) is 0 Å². The normalized spacial score (nSPS) is 11.8. The van der Waals surface area contributed by atoms with Gasteiger partial charge in [0.2, 0.25) is 0 Å². The molecule has 0 aliphatic rings. The Balaban J connectivity index is 0. The van der Waals surface area contributed by atoms with Crippen molar-refractivity contribution >= 4 is 33.6 Å². The zero-order chi connectivity index (χ0) is 9.00. The van der Waals surface area contributed by atoms with E-state index >= 15 is 0 Å². The van der Waals surface area contributed by atoms with Crippen LogP contribution >= 0.6 is 23.2 Å². The zero-order valence-corrected chi connectivity index (χ0v) is 6.46. The second kappa shape index (κ2) is 4.24. The van der Waals surface area contributed by atoms with Crippen LogP contribution in [0.3, 0.4) is 0 Å². The van der Waals surface area contributed by atoms with Gasteiger partial charge in [0.05, 0.1) is 0 Å². The van der Waals surface area contributed by atoms with Gasteiger partial charge in [0.15, 0.2) is 0 Å². The van der Waals surface area contributed by atoms with Gasteiger partial charge in [-0.3, -0.25) is 9.11 Å². The van der Waals surface area contributed by atoms with E-state index in [0.29, 0.717) is 0 Å². The van der Waals surface area contributed by atoms with Gasteiger partial charge in [-0.25, -0.2) is 0 Å². The summed E-state index contributed by atoms with van der Waals surface area (Å²) < 4.78 is 52.7. The van der Waals surface area contributed by atoms with Gasteiger partial charge in [0.25, 0.3) is 0 Å². The number of hydrogen-bond donors (Lipinski definition) is 2. The standard InChI is InChI=1S/CCl2F2.H2O4S/c2-1(3,4)5;1-5(2,3)4/h;(H2,1,2,3,4). The van der Waals surface area contributed by atoms with Crippen LogP contribution in [0.5, 0.6) is 0 Å².